The van der Waals surface area contributed by atoms with Gasteiger partial charge in [-0.1, -0.05) is 24.3 Å². The van der Waals surface area contributed by atoms with Gasteiger partial charge in [-0.15, -0.1) is 11.8 Å². The molecule has 0 saturated heterocycles. The fourth-order valence-electron chi connectivity index (χ4n) is 3.32. The van der Waals surface area contributed by atoms with E-state index < -0.39 is 6.10 Å². The van der Waals surface area contributed by atoms with E-state index in [0.717, 1.165) is 30.2 Å². The SMILES string of the molecule is CCOC(=O)[C@H](Cc1ccc(OCCN2CCSc3ccccc32)cc1)OCC. The largest absolute Gasteiger partial charge is 0.492 e. The lowest BCUT2D eigenvalue weighted by Gasteiger charge is -2.30. The highest BCUT2D eigenvalue weighted by atomic mass is 32.2. The molecule has 3 rings (SSSR count). The van der Waals surface area contributed by atoms with Gasteiger partial charge in [0.2, 0.25) is 0 Å². The average Bonchev–Trinajstić information content (AvgIpc) is 2.75. The third kappa shape index (κ3) is 6.15. The number of anilines is 1. The van der Waals surface area contributed by atoms with Gasteiger partial charge in [0.25, 0.3) is 0 Å². The molecule has 1 heterocycles. The van der Waals surface area contributed by atoms with Crippen LogP contribution in [0.2, 0.25) is 0 Å². The molecule has 1 aliphatic heterocycles. The number of ether oxygens (including phenoxy) is 3. The molecule has 2 aromatic carbocycles. The van der Waals surface area contributed by atoms with E-state index in [1.165, 1.54) is 10.6 Å². The highest BCUT2D eigenvalue weighted by Crippen LogP contribution is 2.33. The van der Waals surface area contributed by atoms with Crippen molar-refractivity contribution >= 4 is 23.4 Å². The molecular weight excluding hydrogens is 386 g/mol. The van der Waals surface area contributed by atoms with Gasteiger partial charge in [-0.2, -0.15) is 0 Å². The van der Waals surface area contributed by atoms with Crippen molar-refractivity contribution in [2.75, 3.05) is 43.6 Å². The Morgan fingerprint density at radius 3 is 2.66 bits per heavy atom. The van der Waals surface area contributed by atoms with Crippen LogP contribution in [0.3, 0.4) is 0 Å². The van der Waals surface area contributed by atoms with Gasteiger partial charge in [-0.25, -0.2) is 4.79 Å². The molecule has 6 heteroatoms. The van der Waals surface area contributed by atoms with Crippen LogP contribution in [0.15, 0.2) is 53.4 Å². The number of fused-ring (bicyclic) bond motifs is 1. The Hall–Kier alpha value is -2.18. The molecule has 0 saturated carbocycles. The molecule has 1 atom stereocenters. The fraction of sp³-hybridized carbons (Fsp3) is 0.435. The molecule has 0 bridgehead atoms. The summed E-state index contributed by atoms with van der Waals surface area (Å²) < 4.78 is 16.6. The number of hydrogen-bond acceptors (Lipinski definition) is 6. The molecule has 1 aliphatic rings. The van der Waals surface area contributed by atoms with Crippen molar-refractivity contribution in [3.63, 3.8) is 0 Å². The van der Waals surface area contributed by atoms with E-state index in [4.69, 9.17) is 14.2 Å². The third-order valence-electron chi connectivity index (χ3n) is 4.72. The summed E-state index contributed by atoms with van der Waals surface area (Å²) in [5.41, 5.74) is 2.31. The topological polar surface area (TPSA) is 48.0 Å². The van der Waals surface area contributed by atoms with Crippen molar-refractivity contribution in [3.05, 3.63) is 54.1 Å². The van der Waals surface area contributed by atoms with Crippen molar-refractivity contribution in [2.45, 2.75) is 31.3 Å². The molecule has 156 valence electrons. The van der Waals surface area contributed by atoms with E-state index in [1.54, 1.807) is 6.92 Å². The molecule has 5 nitrogen and oxygen atoms in total. The quantitative estimate of drug-likeness (QED) is 0.543. The highest BCUT2D eigenvalue weighted by molar-refractivity contribution is 7.99. The number of hydrogen-bond donors (Lipinski definition) is 0. The standard InChI is InChI=1S/C23H29NO4S/c1-3-26-21(23(25)27-4-2)17-18-9-11-19(12-10-18)28-15-13-24-14-16-29-22-8-6-5-7-20(22)24/h5-12,21H,3-4,13-17H2,1-2H3/t21-/m0/s1. The molecule has 0 amide bonds. The zero-order valence-electron chi connectivity index (χ0n) is 17.1. The number of nitrogens with zero attached hydrogens (tertiary/aromatic N) is 1. The summed E-state index contributed by atoms with van der Waals surface area (Å²) in [5, 5.41) is 0. The van der Waals surface area contributed by atoms with Gasteiger partial charge in [-0.3, -0.25) is 0 Å². The first kappa shape index (κ1) is 21.5. The maximum Gasteiger partial charge on any atom is 0.335 e. The summed E-state index contributed by atoms with van der Waals surface area (Å²) in [4.78, 5) is 15.7. The molecule has 0 aromatic heterocycles. The van der Waals surface area contributed by atoms with Crippen LogP contribution in [0, 0.1) is 0 Å². The van der Waals surface area contributed by atoms with Crippen LogP contribution in [0.4, 0.5) is 5.69 Å². The van der Waals surface area contributed by atoms with Crippen molar-refractivity contribution in [1.82, 2.24) is 0 Å². The first-order valence-electron chi connectivity index (χ1n) is 10.2. The predicted molar refractivity (Wildman–Crippen MR) is 117 cm³/mol. The Kier molecular flexibility index (Phi) is 8.25. The number of thioether (sulfide) groups is 1. The first-order valence-corrected chi connectivity index (χ1v) is 11.2. The van der Waals surface area contributed by atoms with Gasteiger partial charge in [0.05, 0.1) is 18.8 Å². The number of para-hydroxylation sites is 1. The number of rotatable bonds is 10. The molecule has 0 spiro atoms. The van der Waals surface area contributed by atoms with E-state index in [-0.39, 0.29) is 5.97 Å². The monoisotopic (exact) mass is 415 g/mol. The van der Waals surface area contributed by atoms with E-state index in [0.29, 0.717) is 26.2 Å². The summed E-state index contributed by atoms with van der Waals surface area (Å²) in [6.07, 6.45) is -0.0707. The molecule has 0 unspecified atom stereocenters. The number of carbonyl (C=O) groups excluding carboxylic acids is 1. The van der Waals surface area contributed by atoms with Gasteiger partial charge < -0.3 is 19.1 Å². The lowest BCUT2D eigenvalue weighted by molar-refractivity contribution is -0.156. The second kappa shape index (κ2) is 11.1. The van der Waals surface area contributed by atoms with Crippen LogP contribution in [0.5, 0.6) is 5.75 Å². The maximum atomic E-state index is 12.0. The molecular formula is C23H29NO4S. The normalized spacial score (nSPS) is 14.2. The van der Waals surface area contributed by atoms with Crippen LogP contribution in [0.25, 0.3) is 0 Å². The molecule has 29 heavy (non-hydrogen) atoms. The summed E-state index contributed by atoms with van der Waals surface area (Å²) in [7, 11) is 0. The highest BCUT2D eigenvalue weighted by Gasteiger charge is 2.20. The van der Waals surface area contributed by atoms with E-state index in [1.807, 2.05) is 43.0 Å². The summed E-state index contributed by atoms with van der Waals surface area (Å²) in [6.45, 7) is 7.03. The lowest BCUT2D eigenvalue weighted by atomic mass is 10.1. The van der Waals surface area contributed by atoms with Gasteiger partial charge in [-0.05, 0) is 43.7 Å². The van der Waals surface area contributed by atoms with Gasteiger partial charge in [0, 0.05) is 30.2 Å². The zero-order chi connectivity index (χ0) is 20.5. The van der Waals surface area contributed by atoms with Gasteiger partial charge in [0.1, 0.15) is 12.4 Å². The summed E-state index contributed by atoms with van der Waals surface area (Å²) >= 11 is 1.91. The Morgan fingerprint density at radius 1 is 1.10 bits per heavy atom. The van der Waals surface area contributed by atoms with Gasteiger partial charge in [0.15, 0.2) is 6.10 Å². The fourth-order valence-corrected chi connectivity index (χ4v) is 4.37. The number of benzene rings is 2. The number of esters is 1. The molecule has 0 aliphatic carbocycles. The Labute approximate surface area is 177 Å². The molecule has 0 fully saturated rings. The average molecular weight is 416 g/mol. The van der Waals surface area contributed by atoms with Gasteiger partial charge >= 0.3 is 5.97 Å². The van der Waals surface area contributed by atoms with Crippen LogP contribution >= 0.6 is 11.8 Å². The van der Waals surface area contributed by atoms with Crippen LogP contribution in [0.1, 0.15) is 19.4 Å². The lowest BCUT2D eigenvalue weighted by Crippen LogP contribution is -2.33. The van der Waals surface area contributed by atoms with Crippen molar-refractivity contribution in [2.24, 2.45) is 0 Å². The van der Waals surface area contributed by atoms with E-state index in [9.17, 15) is 4.79 Å². The van der Waals surface area contributed by atoms with Crippen LogP contribution < -0.4 is 9.64 Å². The maximum absolute atomic E-state index is 12.0. The van der Waals surface area contributed by atoms with Crippen molar-refractivity contribution < 1.29 is 19.0 Å². The van der Waals surface area contributed by atoms with Crippen LogP contribution in [-0.2, 0) is 20.7 Å². The third-order valence-corrected chi connectivity index (χ3v) is 5.76. The predicted octanol–water partition coefficient (Wildman–Crippen LogP) is 4.19. The Bertz CT molecular complexity index is 781. The minimum absolute atomic E-state index is 0.311. The number of carbonyl (C=O) groups is 1. The molecule has 2 aromatic rings. The minimum atomic E-state index is -0.566. The Morgan fingerprint density at radius 2 is 1.90 bits per heavy atom. The summed E-state index contributed by atoms with van der Waals surface area (Å²) in [5.74, 6) is 1.62. The van der Waals surface area contributed by atoms with Crippen LogP contribution in [-0.4, -0.2) is 50.7 Å². The molecule has 0 radical (unpaired) electrons. The van der Waals surface area contributed by atoms with Crippen molar-refractivity contribution in [3.8, 4) is 5.75 Å². The zero-order valence-corrected chi connectivity index (χ0v) is 18.0. The minimum Gasteiger partial charge on any atom is -0.492 e. The van der Waals surface area contributed by atoms with E-state index >= 15 is 0 Å². The second-order valence-electron chi connectivity index (χ2n) is 6.70. The smallest absolute Gasteiger partial charge is 0.335 e. The Balaban J connectivity index is 1.50. The summed E-state index contributed by atoms with van der Waals surface area (Å²) in [6, 6.07) is 16.4. The first-order chi connectivity index (χ1) is 14.2. The van der Waals surface area contributed by atoms with E-state index in [2.05, 4.69) is 29.2 Å². The second-order valence-corrected chi connectivity index (χ2v) is 7.83. The van der Waals surface area contributed by atoms with Crippen molar-refractivity contribution in [1.29, 1.82) is 0 Å². The molecule has 0 N–H and O–H groups in total.